The summed E-state index contributed by atoms with van der Waals surface area (Å²) in [5.74, 6) is 2.50. The molecule has 2 heterocycles. The van der Waals surface area contributed by atoms with E-state index in [1.54, 1.807) is 0 Å². The minimum absolute atomic E-state index is 0.125. The quantitative estimate of drug-likeness (QED) is 0.675. The Morgan fingerprint density at radius 3 is 2.50 bits per heavy atom. The number of rotatable bonds is 0. The maximum atomic E-state index is 12.1. The zero-order chi connectivity index (χ0) is 13.2. The minimum Gasteiger partial charge on any atom is -0.444 e. The van der Waals surface area contributed by atoms with E-state index in [0.717, 1.165) is 19.5 Å². The van der Waals surface area contributed by atoms with Crippen LogP contribution in [0.2, 0.25) is 0 Å². The third-order valence-electron chi connectivity index (χ3n) is 3.87. The molecule has 0 radical (unpaired) electrons. The number of piperidine rings is 1. The summed E-state index contributed by atoms with van der Waals surface area (Å²) in [5, 5.41) is 0. The van der Waals surface area contributed by atoms with Crippen LogP contribution in [0.25, 0.3) is 0 Å². The summed E-state index contributed by atoms with van der Waals surface area (Å²) >= 11 is 2.05. The van der Waals surface area contributed by atoms with Gasteiger partial charge in [0.1, 0.15) is 5.60 Å². The molecule has 0 aromatic carbocycles. The summed E-state index contributed by atoms with van der Waals surface area (Å²) in [5.41, 5.74) is 0.00448. The van der Waals surface area contributed by atoms with E-state index in [9.17, 15) is 4.79 Å². The molecule has 4 heteroatoms. The highest BCUT2D eigenvalue weighted by atomic mass is 32.2. The number of carbonyl (C=O) groups is 1. The maximum Gasteiger partial charge on any atom is 0.410 e. The van der Waals surface area contributed by atoms with Gasteiger partial charge in [-0.05, 0) is 63.4 Å². The van der Waals surface area contributed by atoms with Crippen molar-refractivity contribution in [3.05, 3.63) is 0 Å². The maximum absolute atomic E-state index is 12.1. The summed E-state index contributed by atoms with van der Waals surface area (Å²) in [4.78, 5) is 14.1. The van der Waals surface area contributed by atoms with Crippen LogP contribution in [0.3, 0.4) is 0 Å². The van der Waals surface area contributed by atoms with Crippen LogP contribution in [0, 0.1) is 5.41 Å². The molecule has 18 heavy (non-hydrogen) atoms. The number of amides is 1. The fourth-order valence-electron chi connectivity index (χ4n) is 2.90. The van der Waals surface area contributed by atoms with Crippen molar-refractivity contribution in [1.82, 2.24) is 4.90 Å². The van der Waals surface area contributed by atoms with Crippen LogP contribution in [0.15, 0.2) is 0 Å². The second-order valence-corrected chi connectivity index (χ2v) is 7.84. The van der Waals surface area contributed by atoms with Gasteiger partial charge in [-0.25, -0.2) is 4.79 Å². The van der Waals surface area contributed by atoms with Crippen molar-refractivity contribution in [2.75, 3.05) is 24.6 Å². The molecular formula is C14H25NO2S. The predicted octanol–water partition coefficient (Wildman–Crippen LogP) is 3.53. The van der Waals surface area contributed by atoms with E-state index in [1.165, 1.54) is 30.8 Å². The van der Waals surface area contributed by atoms with Crippen molar-refractivity contribution in [3.8, 4) is 0 Å². The van der Waals surface area contributed by atoms with Crippen molar-refractivity contribution in [1.29, 1.82) is 0 Å². The lowest BCUT2D eigenvalue weighted by Gasteiger charge is -2.45. The van der Waals surface area contributed by atoms with Gasteiger partial charge in [-0.15, -0.1) is 0 Å². The van der Waals surface area contributed by atoms with Crippen molar-refractivity contribution in [2.45, 2.75) is 52.1 Å². The molecule has 0 saturated carbocycles. The second kappa shape index (κ2) is 5.32. The van der Waals surface area contributed by atoms with E-state index < -0.39 is 0 Å². The van der Waals surface area contributed by atoms with Crippen molar-refractivity contribution >= 4 is 17.9 Å². The monoisotopic (exact) mass is 271 g/mol. The Morgan fingerprint density at radius 1 is 1.22 bits per heavy atom. The molecule has 0 aromatic heterocycles. The number of carbonyl (C=O) groups excluding carboxylic acids is 1. The van der Waals surface area contributed by atoms with Gasteiger partial charge in [0.15, 0.2) is 0 Å². The number of nitrogens with zero attached hydrogens (tertiary/aromatic N) is 1. The fraction of sp³-hybridized carbons (Fsp3) is 0.929. The zero-order valence-electron chi connectivity index (χ0n) is 11.8. The number of hydrogen-bond donors (Lipinski definition) is 0. The highest BCUT2D eigenvalue weighted by Crippen LogP contribution is 2.42. The van der Waals surface area contributed by atoms with Gasteiger partial charge < -0.3 is 9.64 Å². The Bertz CT molecular complexity index is 300. The van der Waals surface area contributed by atoms with Gasteiger partial charge >= 0.3 is 6.09 Å². The van der Waals surface area contributed by atoms with Crippen LogP contribution in [0.1, 0.15) is 46.5 Å². The smallest absolute Gasteiger partial charge is 0.410 e. The summed E-state index contributed by atoms with van der Waals surface area (Å²) in [7, 11) is 0. The fourth-order valence-corrected chi connectivity index (χ4v) is 4.26. The molecule has 2 saturated heterocycles. The molecular weight excluding hydrogens is 246 g/mol. The van der Waals surface area contributed by atoms with E-state index in [0.29, 0.717) is 5.41 Å². The van der Waals surface area contributed by atoms with Crippen LogP contribution in [-0.4, -0.2) is 41.2 Å². The minimum atomic E-state index is -0.385. The average Bonchev–Trinajstić information content (AvgIpc) is 2.28. The van der Waals surface area contributed by atoms with E-state index in [1.807, 2.05) is 37.4 Å². The first-order valence-electron chi connectivity index (χ1n) is 6.96. The Labute approximate surface area is 115 Å². The van der Waals surface area contributed by atoms with Gasteiger partial charge in [-0.1, -0.05) is 0 Å². The lowest BCUT2D eigenvalue weighted by Crippen LogP contribution is -2.49. The standard InChI is InChI=1S/C14H25NO2S/c1-13(2,3)17-12(16)15-8-4-5-14(11-15)6-9-18-10-7-14/h4-11H2,1-3H3. The highest BCUT2D eigenvalue weighted by molar-refractivity contribution is 7.99. The second-order valence-electron chi connectivity index (χ2n) is 6.62. The van der Waals surface area contributed by atoms with Crippen LogP contribution in [0.5, 0.6) is 0 Å². The number of ether oxygens (including phenoxy) is 1. The first-order valence-corrected chi connectivity index (χ1v) is 8.11. The van der Waals surface area contributed by atoms with Crippen LogP contribution in [0.4, 0.5) is 4.79 Å². The number of hydrogen-bond acceptors (Lipinski definition) is 3. The molecule has 0 aliphatic carbocycles. The molecule has 3 nitrogen and oxygen atoms in total. The summed E-state index contributed by atoms with van der Waals surface area (Å²) in [6, 6.07) is 0. The third-order valence-corrected chi connectivity index (χ3v) is 4.85. The van der Waals surface area contributed by atoms with E-state index >= 15 is 0 Å². The number of likely N-dealkylation sites (tertiary alicyclic amines) is 1. The van der Waals surface area contributed by atoms with Crippen molar-refractivity contribution in [3.63, 3.8) is 0 Å². The van der Waals surface area contributed by atoms with Crippen molar-refractivity contribution < 1.29 is 9.53 Å². The summed E-state index contributed by atoms with van der Waals surface area (Å²) < 4.78 is 5.49. The molecule has 0 bridgehead atoms. The highest BCUT2D eigenvalue weighted by Gasteiger charge is 2.39. The van der Waals surface area contributed by atoms with Gasteiger partial charge in [-0.3, -0.25) is 0 Å². The van der Waals surface area contributed by atoms with E-state index in [2.05, 4.69) is 0 Å². The average molecular weight is 271 g/mol. The molecule has 0 N–H and O–H groups in total. The van der Waals surface area contributed by atoms with E-state index in [4.69, 9.17) is 4.74 Å². The Hall–Kier alpha value is -0.380. The SMILES string of the molecule is CC(C)(C)OC(=O)N1CCCC2(CCSCC2)C1. The summed E-state index contributed by atoms with van der Waals surface area (Å²) in [6.07, 6.45) is 4.81. The van der Waals surface area contributed by atoms with Crippen LogP contribution < -0.4 is 0 Å². The predicted molar refractivity (Wildman–Crippen MR) is 76.0 cm³/mol. The first-order chi connectivity index (χ1) is 8.40. The molecule has 0 unspecified atom stereocenters. The lowest BCUT2D eigenvalue weighted by atomic mass is 9.75. The topological polar surface area (TPSA) is 29.5 Å². The largest absolute Gasteiger partial charge is 0.444 e. The normalized spacial score (nSPS) is 24.1. The Kier molecular flexibility index (Phi) is 4.15. The first kappa shape index (κ1) is 14.0. The molecule has 104 valence electrons. The molecule has 2 aliphatic rings. The van der Waals surface area contributed by atoms with Crippen LogP contribution in [-0.2, 0) is 4.74 Å². The summed E-state index contributed by atoms with van der Waals surface area (Å²) in [6.45, 7) is 7.57. The zero-order valence-corrected chi connectivity index (χ0v) is 12.6. The Balaban J connectivity index is 1.95. The van der Waals surface area contributed by atoms with Crippen LogP contribution >= 0.6 is 11.8 Å². The van der Waals surface area contributed by atoms with E-state index in [-0.39, 0.29) is 11.7 Å². The van der Waals surface area contributed by atoms with Crippen molar-refractivity contribution in [2.24, 2.45) is 5.41 Å². The van der Waals surface area contributed by atoms with Gasteiger partial charge in [0.2, 0.25) is 0 Å². The lowest BCUT2D eigenvalue weighted by molar-refractivity contribution is 0.00250. The number of thioether (sulfide) groups is 1. The molecule has 2 fully saturated rings. The van der Waals surface area contributed by atoms with Gasteiger partial charge in [0.25, 0.3) is 0 Å². The van der Waals surface area contributed by atoms with Gasteiger partial charge in [0.05, 0.1) is 0 Å². The molecule has 2 rings (SSSR count). The molecule has 0 aromatic rings. The van der Waals surface area contributed by atoms with Gasteiger partial charge in [-0.2, -0.15) is 11.8 Å². The third kappa shape index (κ3) is 3.56. The molecule has 1 amide bonds. The molecule has 2 aliphatic heterocycles. The Morgan fingerprint density at radius 2 is 1.89 bits per heavy atom. The molecule has 1 spiro atoms. The molecule has 0 atom stereocenters. The van der Waals surface area contributed by atoms with Gasteiger partial charge in [0, 0.05) is 13.1 Å².